The first-order valence-electron chi connectivity index (χ1n) is 6.46. The van der Waals surface area contributed by atoms with Crippen LogP contribution in [0.1, 0.15) is 12.8 Å². The van der Waals surface area contributed by atoms with Gasteiger partial charge in [-0.15, -0.1) is 0 Å². The Morgan fingerprint density at radius 2 is 2.15 bits per heavy atom. The first-order chi connectivity index (χ1) is 9.61. The summed E-state index contributed by atoms with van der Waals surface area (Å²) in [4.78, 5) is 28.9. The summed E-state index contributed by atoms with van der Waals surface area (Å²) in [6, 6.07) is 3.22. The number of hydrogen-bond acceptors (Lipinski definition) is 4. The van der Waals surface area contributed by atoms with Crippen LogP contribution in [0.25, 0.3) is 0 Å². The monoisotopic (exact) mass is 278 g/mol. The van der Waals surface area contributed by atoms with Crippen molar-refractivity contribution >= 4 is 17.6 Å². The lowest BCUT2D eigenvalue weighted by Crippen LogP contribution is -2.43. The zero-order valence-corrected chi connectivity index (χ0v) is 11.3. The predicted molar refractivity (Wildman–Crippen MR) is 73.3 cm³/mol. The van der Waals surface area contributed by atoms with Gasteiger partial charge in [-0.2, -0.15) is 0 Å². The molecule has 0 bridgehead atoms. The molecule has 1 aliphatic rings. The molecule has 3 amide bonds. The van der Waals surface area contributed by atoms with Gasteiger partial charge in [0, 0.05) is 25.2 Å². The van der Waals surface area contributed by atoms with Crippen LogP contribution in [-0.4, -0.2) is 42.0 Å². The number of carbonyl (C=O) groups excluding carboxylic acids is 2. The number of carbonyl (C=O) groups is 2. The molecule has 0 aromatic carbocycles. The number of aromatic nitrogens is 1. The summed E-state index contributed by atoms with van der Waals surface area (Å²) < 4.78 is 5.08. The fraction of sp³-hybridized carbons (Fsp3) is 0.462. The number of nitrogens with one attached hydrogen (secondary N) is 1. The normalized spacial score (nSPS) is 15.8. The number of primary amides is 1. The van der Waals surface area contributed by atoms with Crippen LogP contribution < -0.4 is 15.8 Å². The third-order valence-electron chi connectivity index (χ3n) is 3.39. The molecule has 1 aromatic heterocycles. The molecule has 2 heterocycles. The van der Waals surface area contributed by atoms with Crippen LogP contribution in [0.15, 0.2) is 18.3 Å². The van der Waals surface area contributed by atoms with E-state index in [4.69, 9.17) is 10.5 Å². The maximum Gasteiger partial charge on any atom is 0.321 e. The van der Waals surface area contributed by atoms with Crippen LogP contribution in [0.5, 0.6) is 5.88 Å². The molecule has 1 aliphatic heterocycles. The van der Waals surface area contributed by atoms with E-state index in [9.17, 15) is 9.59 Å². The van der Waals surface area contributed by atoms with Crippen molar-refractivity contribution in [3.63, 3.8) is 0 Å². The molecule has 108 valence electrons. The Morgan fingerprint density at radius 1 is 1.45 bits per heavy atom. The number of nitrogens with two attached hydrogens (primary N) is 1. The SMILES string of the molecule is COc1ncccc1NC(=O)N1CCC(C(N)=O)CC1. The molecule has 7 nitrogen and oxygen atoms in total. The zero-order chi connectivity index (χ0) is 14.5. The van der Waals surface area contributed by atoms with Gasteiger partial charge in [0.05, 0.1) is 7.11 Å². The number of urea groups is 1. The fourth-order valence-corrected chi connectivity index (χ4v) is 2.21. The minimum absolute atomic E-state index is 0.132. The lowest BCUT2D eigenvalue weighted by atomic mass is 9.96. The standard InChI is InChI=1S/C13H18N4O3/c1-20-12-10(3-2-6-15-12)16-13(19)17-7-4-9(5-8-17)11(14)18/h2-3,6,9H,4-5,7-8H2,1H3,(H2,14,18)(H,16,19). The number of rotatable bonds is 3. The number of likely N-dealkylation sites (tertiary alicyclic amines) is 1. The van der Waals surface area contributed by atoms with Gasteiger partial charge in [-0.25, -0.2) is 9.78 Å². The molecule has 1 saturated heterocycles. The topological polar surface area (TPSA) is 97.6 Å². The van der Waals surface area contributed by atoms with E-state index in [1.165, 1.54) is 7.11 Å². The van der Waals surface area contributed by atoms with Gasteiger partial charge in [-0.05, 0) is 25.0 Å². The van der Waals surface area contributed by atoms with Crippen LogP contribution in [0.3, 0.4) is 0 Å². The number of ether oxygens (including phenoxy) is 1. The predicted octanol–water partition coefficient (Wildman–Crippen LogP) is 0.819. The molecule has 0 spiro atoms. The highest BCUT2D eigenvalue weighted by molar-refractivity contribution is 5.90. The summed E-state index contributed by atoms with van der Waals surface area (Å²) in [5.74, 6) is -0.0566. The van der Waals surface area contributed by atoms with E-state index < -0.39 is 0 Å². The summed E-state index contributed by atoms with van der Waals surface area (Å²) in [7, 11) is 1.50. The molecule has 0 unspecified atom stereocenters. The largest absolute Gasteiger partial charge is 0.480 e. The van der Waals surface area contributed by atoms with Crippen molar-refractivity contribution in [3.05, 3.63) is 18.3 Å². The zero-order valence-electron chi connectivity index (χ0n) is 11.3. The lowest BCUT2D eigenvalue weighted by Gasteiger charge is -2.30. The molecule has 2 rings (SSSR count). The van der Waals surface area contributed by atoms with Crippen molar-refractivity contribution in [2.45, 2.75) is 12.8 Å². The molecular weight excluding hydrogens is 260 g/mol. The number of anilines is 1. The number of amides is 3. The number of nitrogens with zero attached hydrogens (tertiary/aromatic N) is 2. The third kappa shape index (κ3) is 3.17. The van der Waals surface area contributed by atoms with E-state index in [0.717, 1.165) is 0 Å². The molecule has 20 heavy (non-hydrogen) atoms. The summed E-state index contributed by atoms with van der Waals surface area (Å²) >= 11 is 0. The van der Waals surface area contributed by atoms with Crippen molar-refractivity contribution in [2.75, 3.05) is 25.5 Å². The molecule has 7 heteroatoms. The Bertz CT molecular complexity index is 498. The van der Waals surface area contributed by atoms with E-state index in [0.29, 0.717) is 37.5 Å². The first-order valence-corrected chi connectivity index (χ1v) is 6.46. The molecule has 0 saturated carbocycles. The second-order valence-electron chi connectivity index (χ2n) is 4.65. The van der Waals surface area contributed by atoms with E-state index in [1.54, 1.807) is 23.2 Å². The minimum atomic E-state index is -0.293. The summed E-state index contributed by atoms with van der Waals surface area (Å²) in [5, 5.41) is 2.76. The average Bonchev–Trinajstić information content (AvgIpc) is 2.48. The van der Waals surface area contributed by atoms with Crippen molar-refractivity contribution < 1.29 is 14.3 Å². The number of methoxy groups -OCH3 is 1. The molecule has 0 atom stereocenters. The molecular formula is C13H18N4O3. The highest BCUT2D eigenvalue weighted by Crippen LogP contribution is 2.22. The quantitative estimate of drug-likeness (QED) is 0.855. The highest BCUT2D eigenvalue weighted by Gasteiger charge is 2.26. The average molecular weight is 278 g/mol. The van der Waals surface area contributed by atoms with Gasteiger partial charge in [0.1, 0.15) is 5.69 Å². The van der Waals surface area contributed by atoms with E-state index in [-0.39, 0.29) is 17.9 Å². The van der Waals surface area contributed by atoms with Crippen LogP contribution in [0.2, 0.25) is 0 Å². The molecule has 0 aliphatic carbocycles. The Labute approximate surface area is 117 Å². The van der Waals surface area contributed by atoms with Gasteiger partial charge in [0.15, 0.2) is 0 Å². The molecule has 3 N–H and O–H groups in total. The van der Waals surface area contributed by atoms with Crippen LogP contribution in [0, 0.1) is 5.92 Å². The maximum atomic E-state index is 12.1. The maximum absolute atomic E-state index is 12.1. The van der Waals surface area contributed by atoms with E-state index in [2.05, 4.69) is 10.3 Å². The summed E-state index contributed by atoms with van der Waals surface area (Å²) in [6.07, 6.45) is 2.80. The van der Waals surface area contributed by atoms with Gasteiger partial charge in [0.25, 0.3) is 0 Å². The molecule has 1 aromatic rings. The van der Waals surface area contributed by atoms with Gasteiger partial charge in [-0.3, -0.25) is 4.79 Å². The number of hydrogen-bond donors (Lipinski definition) is 2. The Hall–Kier alpha value is -2.31. The second kappa shape index (κ2) is 6.23. The van der Waals surface area contributed by atoms with Crippen LogP contribution in [0.4, 0.5) is 10.5 Å². The summed E-state index contributed by atoms with van der Waals surface area (Å²) in [6.45, 7) is 1.03. The second-order valence-corrected chi connectivity index (χ2v) is 4.65. The molecule has 0 radical (unpaired) electrons. The van der Waals surface area contributed by atoms with E-state index in [1.807, 2.05) is 0 Å². The van der Waals surface area contributed by atoms with Crippen molar-refractivity contribution in [1.82, 2.24) is 9.88 Å². The number of pyridine rings is 1. The van der Waals surface area contributed by atoms with Gasteiger partial charge in [0.2, 0.25) is 11.8 Å². The van der Waals surface area contributed by atoms with Crippen molar-refractivity contribution in [3.8, 4) is 5.88 Å². The minimum Gasteiger partial charge on any atom is -0.480 e. The third-order valence-corrected chi connectivity index (χ3v) is 3.39. The van der Waals surface area contributed by atoms with Crippen molar-refractivity contribution in [1.29, 1.82) is 0 Å². The fourth-order valence-electron chi connectivity index (χ4n) is 2.21. The Kier molecular flexibility index (Phi) is 4.39. The van der Waals surface area contributed by atoms with E-state index >= 15 is 0 Å². The first kappa shape index (κ1) is 14.1. The van der Waals surface area contributed by atoms with Crippen LogP contribution in [-0.2, 0) is 4.79 Å². The smallest absolute Gasteiger partial charge is 0.321 e. The highest BCUT2D eigenvalue weighted by atomic mass is 16.5. The summed E-state index contributed by atoms with van der Waals surface area (Å²) in [5.41, 5.74) is 5.79. The lowest BCUT2D eigenvalue weighted by molar-refractivity contribution is -0.122. The van der Waals surface area contributed by atoms with Gasteiger partial charge >= 0.3 is 6.03 Å². The Morgan fingerprint density at radius 3 is 2.75 bits per heavy atom. The van der Waals surface area contributed by atoms with Gasteiger partial charge < -0.3 is 20.7 Å². The number of piperidine rings is 1. The van der Waals surface area contributed by atoms with Gasteiger partial charge in [-0.1, -0.05) is 0 Å². The molecule has 1 fully saturated rings. The van der Waals surface area contributed by atoms with Crippen molar-refractivity contribution in [2.24, 2.45) is 11.7 Å². The Balaban J connectivity index is 1.94. The van der Waals surface area contributed by atoms with Crippen LogP contribution >= 0.6 is 0 Å².